The maximum Gasteiger partial charge on any atom is 0.194 e. The molecule has 26 heavy (non-hydrogen) atoms. The first kappa shape index (κ1) is 20.6. The number of hydrogen-bond donors (Lipinski definition) is 2. The molecule has 6 heteroatoms. The number of aliphatic imine (C=N–C) groups is 1. The molecule has 0 saturated carbocycles. The van der Waals surface area contributed by atoms with Crippen LogP contribution in [0.4, 0.5) is 4.39 Å². The van der Waals surface area contributed by atoms with Gasteiger partial charge in [-0.15, -0.1) is 24.0 Å². The van der Waals surface area contributed by atoms with E-state index in [1.54, 1.807) is 18.2 Å². The van der Waals surface area contributed by atoms with E-state index in [9.17, 15) is 9.50 Å². The molecule has 1 atom stereocenters. The molecule has 0 bridgehead atoms. The number of fused-ring (bicyclic) bond motifs is 1. The van der Waals surface area contributed by atoms with Crippen LogP contribution in [0.1, 0.15) is 29.7 Å². The average molecular weight is 469 g/mol. The molecular weight excluding hydrogens is 444 g/mol. The first-order valence-electron chi connectivity index (χ1n) is 8.71. The minimum absolute atomic E-state index is 0. The highest BCUT2D eigenvalue weighted by Gasteiger charge is 2.19. The number of guanidine groups is 1. The number of halogens is 2. The summed E-state index contributed by atoms with van der Waals surface area (Å²) >= 11 is 0. The van der Waals surface area contributed by atoms with E-state index in [1.807, 2.05) is 13.0 Å². The fraction of sp³-hybridized carbons (Fsp3) is 0.350. The topological polar surface area (TPSA) is 47.9 Å². The molecule has 1 aliphatic heterocycles. The monoisotopic (exact) mass is 469 g/mol. The quantitative estimate of drug-likeness (QED) is 0.410. The normalized spacial score (nSPS) is 15.0. The van der Waals surface area contributed by atoms with E-state index in [1.165, 1.54) is 17.2 Å². The second-order valence-corrected chi connectivity index (χ2v) is 6.17. The highest BCUT2D eigenvalue weighted by molar-refractivity contribution is 14.0. The molecule has 3 rings (SSSR count). The van der Waals surface area contributed by atoms with Gasteiger partial charge in [0.1, 0.15) is 11.9 Å². The largest absolute Gasteiger partial charge is 0.386 e. The summed E-state index contributed by atoms with van der Waals surface area (Å²) in [7, 11) is 0. The fourth-order valence-corrected chi connectivity index (χ4v) is 3.12. The van der Waals surface area contributed by atoms with E-state index < -0.39 is 11.9 Å². The Morgan fingerprint density at radius 2 is 1.88 bits per heavy atom. The fourth-order valence-electron chi connectivity index (χ4n) is 3.12. The number of benzene rings is 2. The van der Waals surface area contributed by atoms with Gasteiger partial charge in [-0.2, -0.15) is 0 Å². The number of aliphatic hydroxyl groups excluding tert-OH is 1. The third-order valence-corrected chi connectivity index (χ3v) is 4.44. The van der Waals surface area contributed by atoms with Gasteiger partial charge in [0.15, 0.2) is 5.96 Å². The van der Waals surface area contributed by atoms with Gasteiger partial charge >= 0.3 is 0 Å². The molecule has 0 spiro atoms. The molecule has 0 aromatic heterocycles. The van der Waals surface area contributed by atoms with Gasteiger partial charge in [-0.1, -0.05) is 42.5 Å². The number of hydrogen-bond acceptors (Lipinski definition) is 2. The minimum atomic E-state index is -0.952. The van der Waals surface area contributed by atoms with Crippen LogP contribution >= 0.6 is 24.0 Å². The van der Waals surface area contributed by atoms with Crippen molar-refractivity contribution in [3.8, 4) is 0 Å². The van der Waals surface area contributed by atoms with Crippen LogP contribution in [-0.4, -0.2) is 35.6 Å². The number of aliphatic hydroxyl groups is 1. The van der Waals surface area contributed by atoms with Gasteiger partial charge in [0.2, 0.25) is 0 Å². The summed E-state index contributed by atoms with van der Waals surface area (Å²) in [6, 6.07) is 14.7. The van der Waals surface area contributed by atoms with Crippen LogP contribution in [0.2, 0.25) is 0 Å². The smallest absolute Gasteiger partial charge is 0.194 e. The Morgan fingerprint density at radius 3 is 2.62 bits per heavy atom. The molecule has 0 radical (unpaired) electrons. The van der Waals surface area contributed by atoms with E-state index in [0.717, 1.165) is 32.0 Å². The maximum atomic E-state index is 13.8. The lowest BCUT2D eigenvalue weighted by atomic mass is 10.0. The first-order chi connectivity index (χ1) is 12.2. The number of rotatable bonds is 4. The summed E-state index contributed by atoms with van der Waals surface area (Å²) in [5, 5.41) is 13.6. The lowest BCUT2D eigenvalue weighted by Crippen LogP contribution is -2.44. The van der Waals surface area contributed by atoms with Crippen LogP contribution < -0.4 is 5.32 Å². The number of nitrogens with zero attached hydrogens (tertiary/aromatic N) is 2. The molecule has 4 nitrogen and oxygen atoms in total. The van der Waals surface area contributed by atoms with Crippen molar-refractivity contribution in [2.24, 2.45) is 4.99 Å². The van der Waals surface area contributed by atoms with Crippen molar-refractivity contribution in [1.82, 2.24) is 10.2 Å². The number of nitrogens with one attached hydrogen (secondary N) is 1. The molecule has 0 fully saturated rings. The van der Waals surface area contributed by atoms with Gasteiger partial charge in [-0.3, -0.25) is 4.99 Å². The molecular formula is C20H25FIN3O. The van der Waals surface area contributed by atoms with E-state index in [2.05, 4.69) is 33.4 Å². The summed E-state index contributed by atoms with van der Waals surface area (Å²) < 4.78 is 13.8. The molecule has 2 aromatic rings. The zero-order chi connectivity index (χ0) is 17.6. The molecule has 2 aromatic carbocycles. The van der Waals surface area contributed by atoms with Crippen molar-refractivity contribution >= 4 is 29.9 Å². The second kappa shape index (κ2) is 9.87. The Hall–Kier alpha value is -1.67. The Bertz CT molecular complexity index is 753. The van der Waals surface area contributed by atoms with Crippen molar-refractivity contribution in [3.63, 3.8) is 0 Å². The maximum absolute atomic E-state index is 13.8. The van der Waals surface area contributed by atoms with Crippen LogP contribution in [-0.2, 0) is 13.0 Å². The standard InChI is InChI=1S/C20H24FN3O.HI/c1-2-22-20(23-13-19(25)17-9-5-6-10-18(17)21)24-12-11-15-7-3-4-8-16(15)14-24;/h3-10,19,25H,2,11-14H2,1H3,(H,22,23);1H. The van der Waals surface area contributed by atoms with Crippen molar-refractivity contribution in [3.05, 3.63) is 71.0 Å². The molecule has 1 heterocycles. The Kier molecular flexibility index (Phi) is 7.84. The van der Waals surface area contributed by atoms with Gasteiger partial charge < -0.3 is 15.3 Å². The van der Waals surface area contributed by atoms with Crippen molar-refractivity contribution in [2.45, 2.75) is 26.0 Å². The van der Waals surface area contributed by atoms with Gasteiger partial charge in [-0.25, -0.2) is 4.39 Å². The molecule has 0 saturated heterocycles. The zero-order valence-corrected chi connectivity index (χ0v) is 17.2. The van der Waals surface area contributed by atoms with Crippen LogP contribution in [0.5, 0.6) is 0 Å². The zero-order valence-electron chi connectivity index (χ0n) is 14.9. The highest BCUT2D eigenvalue weighted by Crippen LogP contribution is 2.20. The van der Waals surface area contributed by atoms with Crippen molar-refractivity contribution in [2.75, 3.05) is 19.6 Å². The van der Waals surface area contributed by atoms with Crippen LogP contribution in [0.15, 0.2) is 53.5 Å². The molecule has 1 aliphatic rings. The predicted octanol–water partition coefficient (Wildman–Crippen LogP) is 3.50. The van der Waals surface area contributed by atoms with Gasteiger partial charge in [0.05, 0.1) is 6.54 Å². The minimum Gasteiger partial charge on any atom is -0.386 e. The van der Waals surface area contributed by atoms with E-state index in [0.29, 0.717) is 0 Å². The highest BCUT2D eigenvalue weighted by atomic mass is 127. The summed E-state index contributed by atoms with van der Waals surface area (Å²) in [4.78, 5) is 6.72. The van der Waals surface area contributed by atoms with Gasteiger partial charge in [0, 0.05) is 25.2 Å². The molecule has 2 N–H and O–H groups in total. The summed E-state index contributed by atoms with van der Waals surface area (Å²) in [6.07, 6.45) is 0.0168. The lowest BCUT2D eigenvalue weighted by molar-refractivity contribution is 0.181. The Balaban J connectivity index is 0.00000243. The summed E-state index contributed by atoms with van der Waals surface area (Å²) in [6.45, 7) is 4.55. The summed E-state index contributed by atoms with van der Waals surface area (Å²) in [5.74, 6) is 0.356. The molecule has 0 amide bonds. The van der Waals surface area contributed by atoms with Crippen molar-refractivity contribution < 1.29 is 9.50 Å². The lowest BCUT2D eigenvalue weighted by Gasteiger charge is -2.31. The molecule has 1 unspecified atom stereocenters. The average Bonchev–Trinajstić information content (AvgIpc) is 2.65. The van der Waals surface area contributed by atoms with Crippen LogP contribution in [0.3, 0.4) is 0 Å². The third kappa shape index (κ3) is 4.94. The predicted molar refractivity (Wildman–Crippen MR) is 113 cm³/mol. The van der Waals surface area contributed by atoms with E-state index in [4.69, 9.17) is 0 Å². The first-order valence-corrected chi connectivity index (χ1v) is 8.71. The van der Waals surface area contributed by atoms with Crippen LogP contribution in [0, 0.1) is 5.82 Å². The molecule has 140 valence electrons. The van der Waals surface area contributed by atoms with Crippen LogP contribution in [0.25, 0.3) is 0 Å². The SMILES string of the molecule is CCNC(=NCC(O)c1ccccc1F)N1CCc2ccccc2C1.I. The Morgan fingerprint density at radius 1 is 1.19 bits per heavy atom. The van der Waals surface area contributed by atoms with Crippen molar-refractivity contribution in [1.29, 1.82) is 0 Å². The van der Waals surface area contributed by atoms with Gasteiger partial charge in [-0.05, 0) is 30.5 Å². The molecule has 0 aliphatic carbocycles. The van der Waals surface area contributed by atoms with Gasteiger partial charge in [0.25, 0.3) is 0 Å². The van der Waals surface area contributed by atoms with E-state index >= 15 is 0 Å². The van der Waals surface area contributed by atoms with E-state index in [-0.39, 0.29) is 36.1 Å². The Labute approximate surface area is 171 Å². The second-order valence-electron chi connectivity index (χ2n) is 6.17. The summed E-state index contributed by atoms with van der Waals surface area (Å²) in [5.41, 5.74) is 2.96. The third-order valence-electron chi connectivity index (χ3n) is 4.44.